The van der Waals surface area contributed by atoms with Crippen molar-refractivity contribution in [3.63, 3.8) is 0 Å². The van der Waals surface area contributed by atoms with Crippen LogP contribution in [-0.4, -0.2) is 71.2 Å². The van der Waals surface area contributed by atoms with Crippen molar-refractivity contribution in [3.05, 3.63) is 48.0 Å². The Kier molecular flexibility index (Phi) is 6.58. The molecule has 0 atom stereocenters. The lowest BCUT2D eigenvalue weighted by atomic mass is 10.1. The molecular formula is C20H22FN5O4. The number of rotatable bonds is 7. The van der Waals surface area contributed by atoms with E-state index in [4.69, 9.17) is 4.74 Å². The standard InChI is InChI=1S/C20H22FN5O4/c1-3-4-5-12(15(27)11-21)16-18-17(13(22-2)10-14(23-18)19(28)29)25-20(24-16)26-6-8-30-9-7-26/h3-5,10,27H,1,6-9,11H2,2H3,(H,22,23)(H,28,29)/b5-4-,15-12-. The van der Waals surface area contributed by atoms with E-state index in [9.17, 15) is 19.4 Å². The number of pyridine rings is 1. The highest BCUT2D eigenvalue weighted by Crippen LogP contribution is 2.31. The fourth-order valence-electron chi connectivity index (χ4n) is 3.04. The van der Waals surface area contributed by atoms with Crippen LogP contribution in [-0.2, 0) is 4.74 Å². The van der Waals surface area contributed by atoms with Crippen molar-refractivity contribution in [2.75, 3.05) is 50.2 Å². The van der Waals surface area contributed by atoms with Gasteiger partial charge in [0.05, 0.1) is 18.9 Å². The van der Waals surface area contributed by atoms with Gasteiger partial charge in [0.25, 0.3) is 0 Å². The second-order valence-corrected chi connectivity index (χ2v) is 6.37. The number of aliphatic hydroxyl groups is 1. The summed E-state index contributed by atoms with van der Waals surface area (Å²) >= 11 is 0. The maximum atomic E-state index is 13.4. The van der Waals surface area contributed by atoms with E-state index >= 15 is 0 Å². The van der Waals surface area contributed by atoms with E-state index in [-0.39, 0.29) is 22.5 Å². The molecule has 0 aromatic carbocycles. The first kappa shape index (κ1) is 21.2. The minimum Gasteiger partial charge on any atom is -0.509 e. The lowest BCUT2D eigenvalue weighted by Gasteiger charge is -2.27. The molecule has 30 heavy (non-hydrogen) atoms. The molecular weight excluding hydrogens is 393 g/mol. The van der Waals surface area contributed by atoms with Crippen LogP contribution in [0, 0.1) is 0 Å². The van der Waals surface area contributed by atoms with Crippen molar-refractivity contribution >= 4 is 34.2 Å². The Labute approximate surface area is 172 Å². The summed E-state index contributed by atoms with van der Waals surface area (Å²) in [6.07, 6.45) is 4.43. The Morgan fingerprint density at radius 2 is 2.03 bits per heavy atom. The fraction of sp³-hybridized carbons (Fsp3) is 0.300. The van der Waals surface area contributed by atoms with Gasteiger partial charge in [-0.25, -0.2) is 24.1 Å². The number of aliphatic hydroxyl groups excluding tert-OH is 1. The first-order valence-corrected chi connectivity index (χ1v) is 9.24. The summed E-state index contributed by atoms with van der Waals surface area (Å²) in [4.78, 5) is 26.8. The summed E-state index contributed by atoms with van der Waals surface area (Å²) in [5, 5.41) is 22.6. The Bertz CT molecular complexity index is 1030. The maximum Gasteiger partial charge on any atom is 0.354 e. The number of nitrogens with one attached hydrogen (secondary N) is 1. The molecule has 0 unspecified atom stereocenters. The third-order valence-electron chi connectivity index (χ3n) is 4.51. The second-order valence-electron chi connectivity index (χ2n) is 6.37. The van der Waals surface area contributed by atoms with Crippen LogP contribution in [0.1, 0.15) is 16.2 Å². The lowest BCUT2D eigenvalue weighted by molar-refractivity contribution is 0.0691. The van der Waals surface area contributed by atoms with Crippen molar-refractivity contribution in [3.8, 4) is 0 Å². The number of anilines is 2. The number of nitrogens with zero attached hydrogens (tertiary/aromatic N) is 4. The van der Waals surface area contributed by atoms with Gasteiger partial charge < -0.3 is 25.2 Å². The van der Waals surface area contributed by atoms with Crippen LogP contribution in [0.5, 0.6) is 0 Å². The Morgan fingerprint density at radius 3 is 2.63 bits per heavy atom. The molecule has 2 aromatic rings. The van der Waals surface area contributed by atoms with Gasteiger partial charge in [0.2, 0.25) is 5.95 Å². The number of morpholine rings is 1. The van der Waals surface area contributed by atoms with E-state index in [1.807, 2.05) is 4.90 Å². The number of halogens is 1. The number of hydrogen-bond donors (Lipinski definition) is 3. The normalized spacial score (nSPS) is 15.3. The average Bonchev–Trinajstić information content (AvgIpc) is 2.78. The second kappa shape index (κ2) is 9.31. The van der Waals surface area contributed by atoms with E-state index in [1.165, 1.54) is 24.3 Å². The number of carboxylic acids is 1. The number of allylic oxidation sites excluding steroid dienone is 5. The van der Waals surface area contributed by atoms with E-state index in [0.717, 1.165) is 0 Å². The zero-order valence-electron chi connectivity index (χ0n) is 16.4. The highest BCUT2D eigenvalue weighted by atomic mass is 19.1. The Morgan fingerprint density at radius 1 is 1.30 bits per heavy atom. The van der Waals surface area contributed by atoms with Gasteiger partial charge in [-0.05, 0) is 12.1 Å². The van der Waals surface area contributed by atoms with Crippen LogP contribution in [0.3, 0.4) is 0 Å². The molecule has 0 saturated carbocycles. The number of hydrogen-bond acceptors (Lipinski definition) is 8. The molecule has 10 heteroatoms. The minimum absolute atomic E-state index is 0.0661. The van der Waals surface area contributed by atoms with Gasteiger partial charge in [-0.1, -0.05) is 18.7 Å². The highest BCUT2D eigenvalue weighted by Gasteiger charge is 2.23. The van der Waals surface area contributed by atoms with Gasteiger partial charge in [-0.3, -0.25) is 0 Å². The predicted molar refractivity (Wildman–Crippen MR) is 112 cm³/mol. The molecule has 3 heterocycles. The molecule has 0 bridgehead atoms. The van der Waals surface area contributed by atoms with E-state index < -0.39 is 18.4 Å². The molecule has 0 amide bonds. The van der Waals surface area contributed by atoms with Crippen LogP contribution in [0.15, 0.2) is 36.6 Å². The van der Waals surface area contributed by atoms with Crippen LogP contribution < -0.4 is 10.2 Å². The molecule has 2 aromatic heterocycles. The van der Waals surface area contributed by atoms with Crippen LogP contribution >= 0.6 is 0 Å². The van der Waals surface area contributed by atoms with Crippen LogP contribution in [0.25, 0.3) is 16.6 Å². The molecule has 1 aliphatic rings. The first-order valence-electron chi connectivity index (χ1n) is 9.24. The number of alkyl halides is 1. The molecule has 0 spiro atoms. The Balaban J connectivity index is 2.38. The number of ether oxygens (including phenoxy) is 1. The summed E-state index contributed by atoms with van der Waals surface area (Å²) in [6, 6.07) is 1.36. The van der Waals surface area contributed by atoms with Gasteiger partial charge >= 0.3 is 5.97 Å². The van der Waals surface area contributed by atoms with E-state index in [1.54, 1.807) is 7.05 Å². The van der Waals surface area contributed by atoms with Gasteiger partial charge in [-0.2, -0.15) is 0 Å². The van der Waals surface area contributed by atoms with Crippen molar-refractivity contribution in [2.45, 2.75) is 0 Å². The van der Waals surface area contributed by atoms with Crippen molar-refractivity contribution in [1.29, 1.82) is 0 Å². The summed E-state index contributed by atoms with van der Waals surface area (Å²) in [5.41, 5.74) is 0.848. The summed E-state index contributed by atoms with van der Waals surface area (Å²) in [7, 11) is 1.63. The van der Waals surface area contributed by atoms with E-state index in [2.05, 4.69) is 26.8 Å². The molecule has 3 rings (SSSR count). The summed E-state index contributed by atoms with van der Waals surface area (Å²) < 4.78 is 18.8. The molecule has 1 fully saturated rings. The fourth-order valence-corrected chi connectivity index (χ4v) is 3.04. The SMILES string of the molecule is C=C/C=C\C(=C(\O)CF)c1nc(N2CCOCC2)nc2c(NC)cc(C(=O)O)nc12. The topological polar surface area (TPSA) is 121 Å². The third-order valence-corrected chi connectivity index (χ3v) is 4.51. The monoisotopic (exact) mass is 415 g/mol. The zero-order chi connectivity index (χ0) is 21.7. The minimum atomic E-state index is -1.24. The number of aromatic nitrogens is 3. The van der Waals surface area contributed by atoms with Crippen molar-refractivity contribution in [1.82, 2.24) is 15.0 Å². The number of aromatic carboxylic acids is 1. The zero-order valence-corrected chi connectivity index (χ0v) is 16.4. The molecule has 3 N–H and O–H groups in total. The smallest absolute Gasteiger partial charge is 0.354 e. The molecule has 1 saturated heterocycles. The van der Waals surface area contributed by atoms with Gasteiger partial charge in [-0.15, -0.1) is 0 Å². The molecule has 0 aliphatic carbocycles. The van der Waals surface area contributed by atoms with Gasteiger partial charge in [0.1, 0.15) is 29.2 Å². The largest absolute Gasteiger partial charge is 0.509 e. The van der Waals surface area contributed by atoms with Gasteiger partial charge in [0.15, 0.2) is 5.69 Å². The van der Waals surface area contributed by atoms with Crippen molar-refractivity contribution < 1.29 is 24.1 Å². The summed E-state index contributed by atoms with van der Waals surface area (Å²) in [5.74, 6) is -1.45. The summed E-state index contributed by atoms with van der Waals surface area (Å²) in [6.45, 7) is 4.56. The quantitative estimate of drug-likeness (QED) is 0.463. The predicted octanol–water partition coefficient (Wildman–Crippen LogP) is 2.58. The first-order chi connectivity index (χ1) is 14.5. The van der Waals surface area contributed by atoms with E-state index in [0.29, 0.717) is 43.5 Å². The lowest BCUT2D eigenvalue weighted by Crippen LogP contribution is -2.37. The molecule has 158 valence electrons. The number of carbonyl (C=O) groups is 1. The number of carboxylic acid groups (broad SMARTS) is 1. The van der Waals surface area contributed by atoms with Gasteiger partial charge in [0, 0.05) is 25.7 Å². The van der Waals surface area contributed by atoms with Crippen molar-refractivity contribution in [2.24, 2.45) is 0 Å². The average molecular weight is 415 g/mol. The molecule has 0 radical (unpaired) electrons. The third kappa shape index (κ3) is 4.23. The maximum absolute atomic E-state index is 13.4. The molecule has 9 nitrogen and oxygen atoms in total. The van der Waals surface area contributed by atoms with Crippen LogP contribution in [0.2, 0.25) is 0 Å². The highest BCUT2D eigenvalue weighted by molar-refractivity contribution is 6.00. The Hall–Kier alpha value is -3.53. The number of fused-ring (bicyclic) bond motifs is 1. The van der Waals surface area contributed by atoms with Crippen LogP contribution in [0.4, 0.5) is 16.0 Å². The molecule has 1 aliphatic heterocycles.